The Hall–Kier alpha value is -3.58. The molecule has 36 heavy (non-hydrogen) atoms. The van der Waals surface area contributed by atoms with Gasteiger partial charge in [-0.2, -0.15) is 27.6 Å². The van der Waals surface area contributed by atoms with E-state index in [9.17, 15) is 32.3 Å². The molecule has 190 valence electrons. The molecule has 0 aliphatic heterocycles. The number of aromatic nitrogens is 5. The maximum atomic E-state index is 15.2. The molecule has 4 aromatic rings. The summed E-state index contributed by atoms with van der Waals surface area (Å²) in [5, 5.41) is 15.8. The lowest BCUT2D eigenvalue weighted by atomic mass is 10.00. The van der Waals surface area contributed by atoms with Crippen LogP contribution in [0, 0.1) is 11.6 Å². The number of alkyl halides is 3. The molecule has 14 heteroatoms. The topological polar surface area (TPSA) is 94.9 Å². The van der Waals surface area contributed by atoms with Crippen LogP contribution in [0.25, 0.3) is 22.1 Å². The van der Waals surface area contributed by atoms with Gasteiger partial charge in [-0.25, -0.2) is 13.6 Å². The Morgan fingerprint density at radius 3 is 2.31 bits per heavy atom. The van der Waals surface area contributed by atoms with E-state index in [0.29, 0.717) is 15.4 Å². The van der Waals surface area contributed by atoms with Crippen molar-refractivity contribution in [3.8, 4) is 11.4 Å². The Morgan fingerprint density at radius 1 is 1.06 bits per heavy atom. The molecule has 1 atom stereocenters. The molecule has 1 N–H and O–H groups in total. The summed E-state index contributed by atoms with van der Waals surface area (Å²) < 4.78 is 73.0. The second-order valence-electron chi connectivity index (χ2n) is 7.80. The third-order valence-corrected chi connectivity index (χ3v) is 5.97. The number of aliphatic hydroxyl groups is 1. The van der Waals surface area contributed by atoms with E-state index < -0.39 is 69.4 Å². The fourth-order valence-corrected chi connectivity index (χ4v) is 4.02. The number of para-hydroxylation sites is 1. The quantitative estimate of drug-likeness (QED) is 0.396. The summed E-state index contributed by atoms with van der Waals surface area (Å²) in [4.78, 5) is 25.9. The summed E-state index contributed by atoms with van der Waals surface area (Å²) in [6, 6.07) is 4.85. The van der Waals surface area contributed by atoms with E-state index in [0.717, 1.165) is 23.6 Å². The van der Waals surface area contributed by atoms with E-state index in [1.54, 1.807) is 6.92 Å². The van der Waals surface area contributed by atoms with E-state index in [4.69, 9.17) is 11.6 Å². The third-order valence-electron chi connectivity index (χ3n) is 5.67. The predicted molar refractivity (Wildman–Crippen MR) is 120 cm³/mol. The molecule has 1 unspecified atom stereocenters. The molecule has 0 aliphatic carbocycles. The molecular weight excluding hydrogens is 513 g/mol. The van der Waals surface area contributed by atoms with Crippen molar-refractivity contribution < 1.29 is 27.1 Å². The van der Waals surface area contributed by atoms with Crippen molar-refractivity contribution in [2.75, 3.05) is 0 Å². The van der Waals surface area contributed by atoms with Crippen LogP contribution in [0.15, 0.2) is 39.9 Å². The first-order valence-electron chi connectivity index (χ1n) is 10.5. The highest BCUT2D eigenvalue weighted by atomic mass is 35.5. The molecule has 0 spiro atoms. The lowest BCUT2D eigenvalue weighted by Crippen LogP contribution is -2.29. The van der Waals surface area contributed by atoms with Crippen LogP contribution in [0.4, 0.5) is 22.0 Å². The van der Waals surface area contributed by atoms with Gasteiger partial charge in [-0.3, -0.25) is 9.36 Å². The molecule has 0 bridgehead atoms. The number of halogens is 6. The minimum absolute atomic E-state index is 0.0793. The summed E-state index contributed by atoms with van der Waals surface area (Å²) in [6.07, 6.45) is -4.85. The number of fused-ring (bicyclic) bond motifs is 1. The van der Waals surface area contributed by atoms with Gasteiger partial charge >= 0.3 is 11.9 Å². The maximum Gasteiger partial charge on any atom is 0.397 e. The van der Waals surface area contributed by atoms with Crippen molar-refractivity contribution in [1.29, 1.82) is 0 Å². The zero-order valence-corrected chi connectivity index (χ0v) is 19.4. The van der Waals surface area contributed by atoms with Gasteiger partial charge in [0.1, 0.15) is 23.8 Å². The molecule has 2 aromatic carbocycles. The Kier molecular flexibility index (Phi) is 6.47. The van der Waals surface area contributed by atoms with Crippen LogP contribution in [0.1, 0.15) is 31.3 Å². The Labute approximate surface area is 203 Å². The molecular formula is C22H17ClF5N5O3. The monoisotopic (exact) mass is 529 g/mol. The summed E-state index contributed by atoms with van der Waals surface area (Å²) >= 11 is 6.00. The second-order valence-corrected chi connectivity index (χ2v) is 8.21. The van der Waals surface area contributed by atoms with E-state index in [2.05, 4.69) is 10.2 Å². The van der Waals surface area contributed by atoms with Crippen LogP contribution in [0.2, 0.25) is 5.02 Å². The molecule has 0 saturated carbocycles. The van der Waals surface area contributed by atoms with Gasteiger partial charge in [0.25, 0.3) is 5.56 Å². The Bertz CT molecular complexity index is 1590. The predicted octanol–water partition coefficient (Wildman–Crippen LogP) is 3.84. The zero-order chi connectivity index (χ0) is 26.5. The number of aliphatic hydroxyl groups excluding tert-OH is 1. The first kappa shape index (κ1) is 25.5. The molecule has 0 fully saturated rings. The summed E-state index contributed by atoms with van der Waals surface area (Å²) in [5.41, 5.74) is -3.89. The minimum atomic E-state index is -4.85. The summed E-state index contributed by atoms with van der Waals surface area (Å²) in [7, 11) is 0. The zero-order valence-electron chi connectivity index (χ0n) is 18.6. The average molecular weight is 530 g/mol. The van der Waals surface area contributed by atoms with Crippen LogP contribution >= 0.6 is 11.6 Å². The van der Waals surface area contributed by atoms with Crippen molar-refractivity contribution in [2.45, 2.75) is 39.1 Å². The number of benzene rings is 2. The fraction of sp³-hybridized carbons (Fsp3) is 0.273. The van der Waals surface area contributed by atoms with Crippen LogP contribution in [0.5, 0.6) is 0 Å². The summed E-state index contributed by atoms with van der Waals surface area (Å²) in [6.45, 7) is 1.77. The van der Waals surface area contributed by atoms with E-state index in [-0.39, 0.29) is 17.4 Å². The van der Waals surface area contributed by atoms with E-state index >= 15 is 4.39 Å². The highest BCUT2D eigenvalue weighted by Gasteiger charge is 2.40. The van der Waals surface area contributed by atoms with Crippen molar-refractivity contribution in [1.82, 2.24) is 24.1 Å². The highest BCUT2D eigenvalue weighted by molar-refractivity contribution is 6.32. The van der Waals surface area contributed by atoms with Crippen LogP contribution < -0.4 is 11.2 Å². The number of nitrogens with zero attached hydrogens (tertiary/aromatic N) is 5. The minimum Gasteiger partial charge on any atom is -0.388 e. The van der Waals surface area contributed by atoms with Gasteiger partial charge in [-0.05, 0) is 38.1 Å². The van der Waals surface area contributed by atoms with Crippen molar-refractivity contribution >= 4 is 22.4 Å². The van der Waals surface area contributed by atoms with Gasteiger partial charge in [0.05, 0.1) is 22.0 Å². The largest absolute Gasteiger partial charge is 0.397 e. The van der Waals surface area contributed by atoms with Crippen molar-refractivity contribution in [3.63, 3.8) is 0 Å². The molecule has 2 heterocycles. The summed E-state index contributed by atoms with van der Waals surface area (Å²) in [5.74, 6) is -4.59. The van der Waals surface area contributed by atoms with Crippen LogP contribution in [-0.4, -0.2) is 35.4 Å². The number of hydrogen-bond donors (Lipinski definition) is 1. The standard InChI is InChI=1S/C22H17ClF5N5O3/c1-3-31-17(9-34)29-32(21(31)36)16-8-11-12(7-15(16)25)20(35)33(19-13(23)5-4-6-14(19)24)30-18(11)10(2)22(26,27)28/h4-8,10,34H,3,9H2,1-2H3. The van der Waals surface area contributed by atoms with E-state index in [1.165, 1.54) is 12.1 Å². The smallest absolute Gasteiger partial charge is 0.388 e. The third kappa shape index (κ3) is 4.07. The lowest BCUT2D eigenvalue weighted by molar-refractivity contribution is -0.147. The SMILES string of the molecule is CCn1c(CO)nn(-c2cc3c(C(C)C(F)(F)F)nn(-c4c(F)cccc4Cl)c(=O)c3cc2F)c1=O. The van der Waals surface area contributed by atoms with Gasteiger partial charge in [0, 0.05) is 11.9 Å². The number of hydrogen-bond acceptors (Lipinski definition) is 5. The maximum absolute atomic E-state index is 15.2. The first-order valence-corrected chi connectivity index (χ1v) is 10.9. The molecule has 0 radical (unpaired) electrons. The van der Waals surface area contributed by atoms with Crippen molar-refractivity contribution in [2.24, 2.45) is 0 Å². The van der Waals surface area contributed by atoms with Crippen LogP contribution in [0.3, 0.4) is 0 Å². The van der Waals surface area contributed by atoms with Crippen LogP contribution in [-0.2, 0) is 13.2 Å². The van der Waals surface area contributed by atoms with Crippen molar-refractivity contribution in [3.05, 3.63) is 79.3 Å². The second kappa shape index (κ2) is 9.13. The Balaban J connectivity index is 2.13. The Morgan fingerprint density at radius 2 is 1.75 bits per heavy atom. The molecule has 2 aromatic heterocycles. The van der Waals surface area contributed by atoms with Gasteiger partial charge in [0.15, 0.2) is 11.6 Å². The molecule has 0 aliphatic rings. The average Bonchev–Trinajstić information content (AvgIpc) is 3.14. The molecule has 0 amide bonds. The van der Waals surface area contributed by atoms with Gasteiger partial charge in [-0.15, -0.1) is 5.10 Å². The molecule has 4 rings (SSSR count). The van der Waals surface area contributed by atoms with E-state index in [1.807, 2.05) is 0 Å². The number of rotatable bonds is 5. The molecule has 0 saturated heterocycles. The first-order chi connectivity index (χ1) is 16.9. The lowest BCUT2D eigenvalue weighted by Gasteiger charge is -2.19. The van der Waals surface area contributed by atoms with Gasteiger partial charge < -0.3 is 5.11 Å². The molecule has 8 nitrogen and oxygen atoms in total. The normalized spacial score (nSPS) is 12.9. The fourth-order valence-electron chi connectivity index (χ4n) is 3.78. The van der Waals surface area contributed by atoms with Gasteiger partial charge in [0.2, 0.25) is 0 Å². The highest BCUT2D eigenvalue weighted by Crippen LogP contribution is 2.37. The van der Waals surface area contributed by atoms with Gasteiger partial charge in [-0.1, -0.05) is 17.7 Å².